The number of benzene rings is 3. The van der Waals surface area contributed by atoms with Crippen molar-refractivity contribution >= 4 is 50.0 Å². The number of nitrogens with zero attached hydrogens (tertiary/aromatic N) is 1. The molecule has 0 fully saturated rings. The van der Waals surface area contributed by atoms with Gasteiger partial charge in [-0.3, -0.25) is 9.59 Å². The second-order valence-corrected chi connectivity index (χ2v) is 8.93. The van der Waals surface area contributed by atoms with Crippen LogP contribution in [-0.4, -0.2) is 16.1 Å². The molecule has 3 aromatic carbocycles. The summed E-state index contributed by atoms with van der Waals surface area (Å²) >= 11 is 1.60. The Kier molecular flexibility index (Phi) is 3.86. The summed E-state index contributed by atoms with van der Waals surface area (Å²) in [5, 5.41) is 1.94. The molecule has 2 heterocycles. The van der Waals surface area contributed by atoms with Gasteiger partial charge in [0.15, 0.2) is 11.6 Å². The van der Waals surface area contributed by atoms with Gasteiger partial charge >= 0.3 is 0 Å². The quantitative estimate of drug-likeness (QED) is 0.241. The van der Waals surface area contributed by atoms with E-state index in [0.717, 1.165) is 37.1 Å². The van der Waals surface area contributed by atoms with Crippen molar-refractivity contribution in [1.29, 1.82) is 0 Å². The third-order valence-corrected chi connectivity index (χ3v) is 6.99. The average Bonchev–Trinajstić information content (AvgIpc) is 3.41. The Morgan fingerprint density at radius 3 is 2.00 bits per heavy atom. The third kappa shape index (κ3) is 2.72. The molecule has 1 aliphatic rings. The zero-order valence-electron chi connectivity index (χ0n) is 16.8. The summed E-state index contributed by atoms with van der Waals surface area (Å²) in [5.74, 6) is -0.374. The molecule has 4 heteroatoms. The largest absolute Gasteiger partial charge is 0.343 e. The van der Waals surface area contributed by atoms with Crippen molar-refractivity contribution in [3.63, 3.8) is 0 Å². The van der Waals surface area contributed by atoms with Gasteiger partial charge in [0, 0.05) is 28.7 Å². The fourth-order valence-electron chi connectivity index (χ4n) is 4.37. The number of carbonyl (C=O) groups excluding carboxylic acids is 2. The zero-order chi connectivity index (χ0) is 21.1. The SMILES string of the molecule is Cn1c(-c2ccccc2)cc2sc(C=C3C(=O)c4cc5ccccc5cc4C3=O)cc21. The van der Waals surface area contributed by atoms with Gasteiger partial charge in [-0.05, 0) is 46.7 Å². The number of hydrogen-bond acceptors (Lipinski definition) is 3. The van der Waals surface area contributed by atoms with Crippen LogP contribution in [0.15, 0.2) is 84.4 Å². The molecular weight excluding hydrogens is 402 g/mol. The maximum atomic E-state index is 13.0. The van der Waals surface area contributed by atoms with E-state index in [2.05, 4.69) is 28.8 Å². The minimum atomic E-state index is -0.187. The predicted molar refractivity (Wildman–Crippen MR) is 127 cm³/mol. The van der Waals surface area contributed by atoms with Crippen molar-refractivity contribution in [2.24, 2.45) is 7.05 Å². The molecule has 6 rings (SSSR count). The molecule has 1 aliphatic carbocycles. The van der Waals surface area contributed by atoms with Crippen molar-refractivity contribution in [2.45, 2.75) is 0 Å². The fraction of sp³-hybridized carbons (Fsp3) is 0.0370. The van der Waals surface area contributed by atoms with Gasteiger partial charge in [-0.1, -0.05) is 54.6 Å². The molecule has 3 nitrogen and oxygen atoms in total. The van der Waals surface area contributed by atoms with Crippen LogP contribution in [0.1, 0.15) is 25.6 Å². The van der Waals surface area contributed by atoms with E-state index >= 15 is 0 Å². The first-order chi connectivity index (χ1) is 15.1. The Bertz CT molecular complexity index is 1510. The van der Waals surface area contributed by atoms with E-state index in [9.17, 15) is 9.59 Å². The lowest BCUT2D eigenvalue weighted by Crippen LogP contribution is -1.99. The number of allylic oxidation sites excluding steroid dienone is 1. The summed E-state index contributed by atoms with van der Waals surface area (Å²) in [6.45, 7) is 0. The van der Waals surface area contributed by atoms with E-state index in [1.54, 1.807) is 17.4 Å². The summed E-state index contributed by atoms with van der Waals surface area (Å²) < 4.78 is 3.29. The number of rotatable bonds is 2. The second-order valence-electron chi connectivity index (χ2n) is 7.81. The van der Waals surface area contributed by atoms with Crippen LogP contribution in [0.2, 0.25) is 0 Å². The number of hydrogen-bond donors (Lipinski definition) is 0. The smallest absolute Gasteiger partial charge is 0.197 e. The number of Topliss-reactive ketones (excluding diaryl/α,β-unsaturated/α-hetero) is 2. The average molecular weight is 420 g/mol. The minimum Gasteiger partial charge on any atom is -0.343 e. The van der Waals surface area contributed by atoms with Crippen LogP contribution in [0.4, 0.5) is 0 Å². The van der Waals surface area contributed by atoms with Crippen LogP contribution >= 0.6 is 11.3 Å². The Balaban J connectivity index is 1.42. The van der Waals surface area contributed by atoms with E-state index in [1.807, 2.05) is 61.6 Å². The monoisotopic (exact) mass is 419 g/mol. The topological polar surface area (TPSA) is 39.1 Å². The minimum absolute atomic E-state index is 0.187. The van der Waals surface area contributed by atoms with E-state index in [0.29, 0.717) is 11.1 Å². The Morgan fingerprint density at radius 2 is 1.39 bits per heavy atom. The molecule has 0 bridgehead atoms. The van der Waals surface area contributed by atoms with Gasteiger partial charge in [0.05, 0.1) is 15.8 Å². The highest BCUT2D eigenvalue weighted by atomic mass is 32.1. The second kappa shape index (κ2) is 6.62. The summed E-state index contributed by atoms with van der Waals surface area (Å²) in [4.78, 5) is 27.0. The molecule has 0 spiro atoms. The maximum Gasteiger partial charge on any atom is 0.197 e. The highest BCUT2D eigenvalue weighted by molar-refractivity contribution is 7.19. The van der Waals surface area contributed by atoms with Gasteiger partial charge in [-0.2, -0.15) is 0 Å². The van der Waals surface area contributed by atoms with Crippen molar-refractivity contribution in [2.75, 3.05) is 0 Å². The number of aromatic nitrogens is 1. The summed E-state index contributed by atoms with van der Waals surface area (Å²) in [6.07, 6.45) is 1.75. The van der Waals surface area contributed by atoms with Gasteiger partial charge in [-0.15, -0.1) is 11.3 Å². The normalized spacial score (nSPS) is 13.4. The molecule has 0 amide bonds. The predicted octanol–water partition coefficient (Wildman–Crippen LogP) is 6.52. The Labute approximate surface area is 182 Å². The summed E-state index contributed by atoms with van der Waals surface area (Å²) in [7, 11) is 2.04. The first-order valence-electron chi connectivity index (χ1n) is 10.1. The van der Waals surface area contributed by atoms with Crippen LogP contribution in [-0.2, 0) is 7.05 Å². The van der Waals surface area contributed by atoms with E-state index in [1.165, 1.54) is 0 Å². The first kappa shape index (κ1) is 18.0. The molecule has 0 unspecified atom stereocenters. The van der Waals surface area contributed by atoms with Crippen LogP contribution < -0.4 is 0 Å². The third-order valence-electron chi connectivity index (χ3n) is 5.97. The molecule has 0 saturated heterocycles. The molecule has 0 saturated carbocycles. The highest BCUT2D eigenvalue weighted by Gasteiger charge is 2.33. The molecule has 0 atom stereocenters. The van der Waals surface area contributed by atoms with Crippen molar-refractivity contribution in [3.05, 3.63) is 100 Å². The van der Waals surface area contributed by atoms with Crippen molar-refractivity contribution < 1.29 is 9.59 Å². The van der Waals surface area contributed by atoms with Crippen molar-refractivity contribution in [3.8, 4) is 11.3 Å². The lowest BCUT2D eigenvalue weighted by atomic mass is 10.0. The van der Waals surface area contributed by atoms with E-state index in [-0.39, 0.29) is 17.1 Å². The molecule has 2 aromatic heterocycles. The number of ketones is 2. The Hall–Kier alpha value is -3.76. The highest BCUT2D eigenvalue weighted by Crippen LogP contribution is 2.36. The molecule has 31 heavy (non-hydrogen) atoms. The standard InChI is InChI=1S/C27H17NO2S/c1-28-23(16-7-3-2-4-8-16)15-25-24(28)14-19(31-25)13-22-26(29)20-11-17-9-5-6-10-18(17)12-21(20)27(22)30/h2-15H,1H3. The molecule has 0 aliphatic heterocycles. The van der Waals surface area contributed by atoms with Crippen LogP contribution in [0, 0.1) is 0 Å². The van der Waals surface area contributed by atoms with E-state index in [4.69, 9.17) is 0 Å². The number of aryl methyl sites for hydroxylation is 1. The van der Waals surface area contributed by atoms with Crippen LogP contribution in [0.25, 0.3) is 38.3 Å². The lowest BCUT2D eigenvalue weighted by Gasteiger charge is -2.03. The summed E-state index contributed by atoms with van der Waals surface area (Å²) in [5.41, 5.74) is 4.66. The zero-order valence-corrected chi connectivity index (χ0v) is 17.6. The van der Waals surface area contributed by atoms with Gasteiger partial charge in [-0.25, -0.2) is 0 Å². The number of fused-ring (bicyclic) bond motifs is 3. The van der Waals surface area contributed by atoms with Crippen molar-refractivity contribution in [1.82, 2.24) is 4.57 Å². The molecule has 5 aromatic rings. The molecule has 0 N–H and O–H groups in total. The molecule has 148 valence electrons. The molecular formula is C27H17NO2S. The van der Waals surface area contributed by atoms with Crippen LogP contribution in [0.3, 0.4) is 0 Å². The van der Waals surface area contributed by atoms with Crippen LogP contribution in [0.5, 0.6) is 0 Å². The Morgan fingerprint density at radius 1 is 0.774 bits per heavy atom. The van der Waals surface area contributed by atoms with E-state index < -0.39 is 0 Å². The fourth-order valence-corrected chi connectivity index (χ4v) is 5.44. The van der Waals surface area contributed by atoms with Gasteiger partial charge in [0.25, 0.3) is 0 Å². The summed E-state index contributed by atoms with van der Waals surface area (Å²) in [6, 6.07) is 26.0. The van der Waals surface area contributed by atoms with Gasteiger partial charge in [0.1, 0.15) is 0 Å². The molecule has 0 radical (unpaired) electrons. The lowest BCUT2D eigenvalue weighted by molar-refractivity contribution is 0.0990. The van der Waals surface area contributed by atoms with Gasteiger partial charge < -0.3 is 4.57 Å². The first-order valence-corrected chi connectivity index (χ1v) is 10.9. The maximum absolute atomic E-state index is 13.0. The number of carbonyl (C=O) groups is 2. The van der Waals surface area contributed by atoms with Gasteiger partial charge in [0.2, 0.25) is 0 Å². The number of thiophene rings is 1.